The van der Waals surface area contributed by atoms with Gasteiger partial charge in [-0.05, 0) is 44.0 Å². The molecule has 0 amide bonds. The molecule has 1 unspecified atom stereocenters. The van der Waals surface area contributed by atoms with Gasteiger partial charge in [0.1, 0.15) is 17.4 Å². The average Bonchev–Trinajstić information content (AvgIpc) is 3.22. The number of hydrogen-bond donors (Lipinski definition) is 1. The molecule has 7 nitrogen and oxygen atoms in total. The molecule has 1 aromatic carbocycles. The fourth-order valence-corrected chi connectivity index (χ4v) is 3.91. The predicted octanol–water partition coefficient (Wildman–Crippen LogP) is 2.45. The van der Waals surface area contributed by atoms with Crippen LogP contribution in [-0.2, 0) is 20.1 Å². The molecular weight excluding hydrogens is 340 g/mol. The third kappa shape index (κ3) is 3.88. The first-order valence-electron chi connectivity index (χ1n) is 9.46. The number of nitrogens with zero attached hydrogens (tertiary/aromatic N) is 6. The van der Waals surface area contributed by atoms with Crippen molar-refractivity contribution in [3.63, 3.8) is 0 Å². The number of aromatic hydroxyl groups is 1. The van der Waals surface area contributed by atoms with Gasteiger partial charge in [0.15, 0.2) is 5.82 Å². The summed E-state index contributed by atoms with van der Waals surface area (Å²) < 4.78 is 4.23. The normalized spacial score (nSPS) is 18.1. The van der Waals surface area contributed by atoms with Crippen molar-refractivity contribution < 1.29 is 5.11 Å². The van der Waals surface area contributed by atoms with Gasteiger partial charge in [0.2, 0.25) is 0 Å². The van der Waals surface area contributed by atoms with Crippen LogP contribution >= 0.6 is 0 Å². The zero-order valence-corrected chi connectivity index (χ0v) is 15.9. The molecule has 1 aliphatic heterocycles. The van der Waals surface area contributed by atoms with E-state index in [0.29, 0.717) is 18.2 Å². The fraction of sp³-hybridized carbons (Fsp3) is 0.450. The zero-order chi connectivity index (χ0) is 18.8. The van der Waals surface area contributed by atoms with Crippen LogP contribution in [0.5, 0.6) is 5.75 Å². The van der Waals surface area contributed by atoms with Crippen LogP contribution < -0.4 is 0 Å². The lowest BCUT2D eigenvalue weighted by atomic mass is 9.96. The van der Waals surface area contributed by atoms with E-state index in [1.54, 1.807) is 6.07 Å². The molecule has 3 heterocycles. The van der Waals surface area contributed by atoms with Gasteiger partial charge in [-0.3, -0.25) is 4.90 Å². The minimum atomic E-state index is 0.328. The molecule has 0 spiro atoms. The van der Waals surface area contributed by atoms with Crippen molar-refractivity contribution in [3.05, 3.63) is 59.7 Å². The monoisotopic (exact) mass is 366 g/mol. The largest absolute Gasteiger partial charge is 0.508 e. The van der Waals surface area contributed by atoms with Gasteiger partial charge in [0.25, 0.3) is 0 Å². The Hall–Kier alpha value is -2.67. The molecule has 1 N–H and O–H groups in total. The molecule has 2 aromatic heterocycles. The number of aromatic nitrogens is 5. The Kier molecular flexibility index (Phi) is 4.94. The van der Waals surface area contributed by atoms with Gasteiger partial charge < -0.3 is 14.2 Å². The molecular formula is C20H26N6O. The average molecular weight is 366 g/mol. The number of imidazole rings is 1. The van der Waals surface area contributed by atoms with Gasteiger partial charge in [-0.2, -0.15) is 0 Å². The maximum absolute atomic E-state index is 9.69. The van der Waals surface area contributed by atoms with Gasteiger partial charge in [0.05, 0.1) is 6.54 Å². The summed E-state index contributed by atoms with van der Waals surface area (Å²) in [7, 11) is 2.06. The molecule has 1 fully saturated rings. The first kappa shape index (κ1) is 17.7. The van der Waals surface area contributed by atoms with E-state index >= 15 is 0 Å². The zero-order valence-electron chi connectivity index (χ0n) is 15.9. The van der Waals surface area contributed by atoms with E-state index in [1.165, 1.54) is 0 Å². The summed E-state index contributed by atoms with van der Waals surface area (Å²) in [6.45, 7) is 5.58. The molecule has 0 radical (unpaired) electrons. The summed E-state index contributed by atoms with van der Waals surface area (Å²) in [5, 5.41) is 18.6. The SMILES string of the molecule is Cc1nccn1Cc1nnc(C2CCCN(Cc3cccc(O)c3)C2)n1C. The fourth-order valence-electron chi connectivity index (χ4n) is 3.91. The van der Waals surface area contributed by atoms with E-state index in [4.69, 9.17) is 0 Å². The number of hydrogen-bond acceptors (Lipinski definition) is 5. The van der Waals surface area contributed by atoms with Crippen LogP contribution in [0.2, 0.25) is 0 Å². The summed E-state index contributed by atoms with van der Waals surface area (Å²) >= 11 is 0. The van der Waals surface area contributed by atoms with E-state index in [9.17, 15) is 5.11 Å². The van der Waals surface area contributed by atoms with Crippen molar-refractivity contribution >= 4 is 0 Å². The number of likely N-dealkylation sites (tertiary alicyclic amines) is 1. The molecule has 0 bridgehead atoms. The van der Waals surface area contributed by atoms with Crippen LogP contribution in [0.3, 0.4) is 0 Å². The van der Waals surface area contributed by atoms with Gasteiger partial charge in [-0.25, -0.2) is 4.98 Å². The van der Waals surface area contributed by atoms with E-state index in [-0.39, 0.29) is 0 Å². The highest BCUT2D eigenvalue weighted by atomic mass is 16.3. The van der Waals surface area contributed by atoms with Crippen LogP contribution in [-0.4, -0.2) is 47.4 Å². The van der Waals surface area contributed by atoms with Gasteiger partial charge in [-0.1, -0.05) is 12.1 Å². The van der Waals surface area contributed by atoms with Gasteiger partial charge >= 0.3 is 0 Å². The molecule has 4 rings (SSSR count). The van der Waals surface area contributed by atoms with E-state index in [0.717, 1.165) is 55.5 Å². The molecule has 142 valence electrons. The molecule has 1 saturated heterocycles. The van der Waals surface area contributed by atoms with E-state index in [1.807, 2.05) is 31.5 Å². The Balaban J connectivity index is 1.46. The highest BCUT2D eigenvalue weighted by Crippen LogP contribution is 2.27. The quantitative estimate of drug-likeness (QED) is 0.751. The predicted molar refractivity (Wildman–Crippen MR) is 102 cm³/mol. The number of phenols is 1. The smallest absolute Gasteiger partial charge is 0.152 e. The maximum atomic E-state index is 9.69. The van der Waals surface area contributed by atoms with Gasteiger partial charge in [0, 0.05) is 38.4 Å². The second-order valence-corrected chi connectivity index (χ2v) is 7.38. The molecule has 1 atom stereocenters. The third-order valence-corrected chi connectivity index (χ3v) is 5.42. The highest BCUT2D eigenvalue weighted by Gasteiger charge is 2.26. The lowest BCUT2D eigenvalue weighted by Crippen LogP contribution is -2.34. The number of phenolic OH excluding ortho intramolecular Hbond substituents is 1. The van der Waals surface area contributed by atoms with Crippen LogP contribution in [0, 0.1) is 6.92 Å². The van der Waals surface area contributed by atoms with Crippen LogP contribution in [0.25, 0.3) is 0 Å². The Labute approximate surface area is 159 Å². The van der Waals surface area contributed by atoms with Crippen LogP contribution in [0.4, 0.5) is 0 Å². The molecule has 27 heavy (non-hydrogen) atoms. The molecule has 0 saturated carbocycles. The standard InChI is InChI=1S/C20H26N6O/c1-15-21-8-10-26(15)14-19-22-23-20(24(19)2)17-6-4-9-25(13-17)12-16-5-3-7-18(27)11-16/h3,5,7-8,10-11,17,27H,4,6,9,12-14H2,1-2H3. The minimum absolute atomic E-state index is 0.328. The number of benzene rings is 1. The Bertz CT molecular complexity index is 915. The van der Waals surface area contributed by atoms with Crippen molar-refractivity contribution in [2.45, 2.75) is 38.8 Å². The van der Waals surface area contributed by atoms with Crippen molar-refractivity contribution in [1.29, 1.82) is 0 Å². The number of rotatable bonds is 5. The number of piperidine rings is 1. The van der Waals surface area contributed by atoms with Crippen molar-refractivity contribution in [1.82, 2.24) is 29.2 Å². The Morgan fingerprint density at radius 1 is 1.22 bits per heavy atom. The molecule has 7 heteroatoms. The summed E-state index contributed by atoms with van der Waals surface area (Å²) in [5.41, 5.74) is 1.14. The van der Waals surface area contributed by atoms with Crippen LogP contribution in [0.15, 0.2) is 36.7 Å². The summed E-state index contributed by atoms with van der Waals surface area (Å²) in [4.78, 5) is 6.72. The van der Waals surface area contributed by atoms with E-state index < -0.39 is 0 Å². The maximum Gasteiger partial charge on any atom is 0.152 e. The van der Waals surface area contributed by atoms with E-state index in [2.05, 4.69) is 42.3 Å². The van der Waals surface area contributed by atoms with Crippen molar-refractivity contribution in [2.24, 2.45) is 7.05 Å². The molecule has 0 aliphatic carbocycles. The first-order valence-corrected chi connectivity index (χ1v) is 9.46. The van der Waals surface area contributed by atoms with Crippen LogP contribution in [0.1, 0.15) is 41.8 Å². The lowest BCUT2D eigenvalue weighted by Gasteiger charge is -2.32. The van der Waals surface area contributed by atoms with Crippen molar-refractivity contribution in [3.8, 4) is 5.75 Å². The van der Waals surface area contributed by atoms with Gasteiger partial charge in [-0.15, -0.1) is 10.2 Å². The lowest BCUT2D eigenvalue weighted by molar-refractivity contribution is 0.195. The third-order valence-electron chi connectivity index (χ3n) is 5.42. The summed E-state index contributed by atoms with van der Waals surface area (Å²) in [6, 6.07) is 7.53. The molecule has 3 aromatic rings. The highest BCUT2D eigenvalue weighted by molar-refractivity contribution is 5.27. The Morgan fingerprint density at radius 3 is 2.89 bits per heavy atom. The van der Waals surface area contributed by atoms with Crippen molar-refractivity contribution in [2.75, 3.05) is 13.1 Å². The second kappa shape index (κ2) is 7.52. The number of aryl methyl sites for hydroxylation is 1. The second-order valence-electron chi connectivity index (χ2n) is 7.38. The summed E-state index contributed by atoms with van der Waals surface area (Å²) in [5.74, 6) is 3.70. The summed E-state index contributed by atoms with van der Waals surface area (Å²) in [6.07, 6.45) is 6.06. The minimum Gasteiger partial charge on any atom is -0.508 e. The topological polar surface area (TPSA) is 72.0 Å². The first-order chi connectivity index (χ1) is 13.1. The Morgan fingerprint density at radius 2 is 2.11 bits per heavy atom. The molecule has 1 aliphatic rings.